The summed E-state index contributed by atoms with van der Waals surface area (Å²) >= 11 is 0. The summed E-state index contributed by atoms with van der Waals surface area (Å²) in [7, 11) is 0. The van der Waals surface area contributed by atoms with E-state index < -0.39 is 5.82 Å². The van der Waals surface area contributed by atoms with Gasteiger partial charge in [-0.2, -0.15) is 0 Å². The van der Waals surface area contributed by atoms with Crippen molar-refractivity contribution in [2.24, 2.45) is 0 Å². The van der Waals surface area contributed by atoms with E-state index in [1.54, 1.807) is 36.4 Å². The molecule has 2 N–H and O–H groups in total. The van der Waals surface area contributed by atoms with E-state index >= 15 is 0 Å². The minimum Gasteiger partial charge on any atom is -0.454 e. The highest BCUT2D eigenvalue weighted by Gasteiger charge is 2.15. The second kappa shape index (κ2) is 4.24. The van der Waals surface area contributed by atoms with E-state index in [1.165, 1.54) is 12.1 Å². The normalized spacial score (nSPS) is 10.8. The fraction of sp³-hybridized carbons (Fsp3) is 0. The molecule has 0 saturated carbocycles. The zero-order chi connectivity index (χ0) is 13.4. The van der Waals surface area contributed by atoms with E-state index in [-0.39, 0.29) is 22.4 Å². The van der Waals surface area contributed by atoms with Crippen LogP contribution < -0.4 is 11.2 Å². The maximum atomic E-state index is 13.8. The van der Waals surface area contributed by atoms with Crippen molar-refractivity contribution in [3.05, 3.63) is 64.6 Å². The molecule has 4 heteroatoms. The first-order valence-electron chi connectivity index (χ1n) is 5.74. The number of anilines is 1. The number of fused-ring (bicyclic) bond motifs is 1. The number of halogens is 1. The predicted molar refractivity (Wildman–Crippen MR) is 72.3 cm³/mol. The van der Waals surface area contributed by atoms with Crippen LogP contribution in [0.1, 0.15) is 0 Å². The molecular formula is C15H10FNO2. The second-order valence-corrected chi connectivity index (χ2v) is 4.15. The third-order valence-corrected chi connectivity index (χ3v) is 2.95. The van der Waals surface area contributed by atoms with Crippen LogP contribution >= 0.6 is 0 Å². The van der Waals surface area contributed by atoms with E-state index in [4.69, 9.17) is 10.2 Å². The summed E-state index contributed by atoms with van der Waals surface area (Å²) in [5, 5.41) is 0.389. The summed E-state index contributed by atoms with van der Waals surface area (Å²) in [5.74, 6) is -0.408. The zero-order valence-electron chi connectivity index (χ0n) is 9.89. The fourth-order valence-electron chi connectivity index (χ4n) is 2.00. The Labute approximate surface area is 108 Å². The lowest BCUT2D eigenvalue weighted by Gasteiger charge is -2.07. The van der Waals surface area contributed by atoms with E-state index in [9.17, 15) is 9.18 Å². The first-order valence-corrected chi connectivity index (χ1v) is 5.74. The third-order valence-electron chi connectivity index (χ3n) is 2.95. The average molecular weight is 255 g/mol. The molecule has 0 saturated heterocycles. The monoisotopic (exact) mass is 255 g/mol. The van der Waals surface area contributed by atoms with Gasteiger partial charge in [0.25, 0.3) is 0 Å². The Kier molecular flexibility index (Phi) is 2.56. The molecule has 0 aliphatic heterocycles. The van der Waals surface area contributed by atoms with E-state index in [0.717, 1.165) is 0 Å². The molecule has 0 spiro atoms. The van der Waals surface area contributed by atoms with Gasteiger partial charge < -0.3 is 10.2 Å². The van der Waals surface area contributed by atoms with E-state index in [2.05, 4.69) is 0 Å². The van der Waals surface area contributed by atoms with Gasteiger partial charge in [-0.15, -0.1) is 0 Å². The molecule has 0 aliphatic carbocycles. The van der Waals surface area contributed by atoms with E-state index in [0.29, 0.717) is 11.0 Å². The molecule has 0 radical (unpaired) electrons. The van der Waals surface area contributed by atoms with Crippen molar-refractivity contribution in [3.63, 3.8) is 0 Å². The van der Waals surface area contributed by atoms with Crippen LogP contribution in [0.2, 0.25) is 0 Å². The summed E-state index contributed by atoms with van der Waals surface area (Å²) < 4.78 is 19.3. The molecule has 0 atom stereocenters. The van der Waals surface area contributed by atoms with Crippen LogP contribution in [0, 0.1) is 5.82 Å². The lowest BCUT2D eigenvalue weighted by molar-refractivity contribution is 0.596. The highest BCUT2D eigenvalue weighted by Crippen LogP contribution is 2.29. The first kappa shape index (κ1) is 11.5. The summed E-state index contributed by atoms with van der Waals surface area (Å²) in [6.45, 7) is 0. The lowest BCUT2D eigenvalue weighted by Crippen LogP contribution is -2.10. The maximum Gasteiger partial charge on any atom is 0.216 e. The number of nitrogen functional groups attached to an aromatic ring is 1. The SMILES string of the molecule is Nc1c(-c2ccccc2F)oc2ccccc2c1=O. The van der Waals surface area contributed by atoms with Crippen molar-refractivity contribution in [1.82, 2.24) is 0 Å². The van der Waals surface area contributed by atoms with Gasteiger partial charge in [0, 0.05) is 0 Å². The molecule has 3 rings (SSSR count). The van der Waals surface area contributed by atoms with Gasteiger partial charge in [0.1, 0.15) is 17.1 Å². The highest BCUT2D eigenvalue weighted by atomic mass is 19.1. The number of rotatable bonds is 1. The van der Waals surface area contributed by atoms with Crippen molar-refractivity contribution < 1.29 is 8.81 Å². The molecule has 19 heavy (non-hydrogen) atoms. The molecule has 1 heterocycles. The molecule has 0 fully saturated rings. The van der Waals surface area contributed by atoms with Crippen LogP contribution in [0.3, 0.4) is 0 Å². The standard InChI is InChI=1S/C15H10FNO2/c16-11-7-3-1-5-9(11)15-13(17)14(18)10-6-2-4-8-12(10)19-15/h1-8H,17H2. The number of hydrogen-bond acceptors (Lipinski definition) is 3. The molecule has 3 nitrogen and oxygen atoms in total. The Balaban J connectivity index is 2.40. The minimum atomic E-state index is -0.479. The molecule has 0 unspecified atom stereocenters. The van der Waals surface area contributed by atoms with Gasteiger partial charge in [-0.3, -0.25) is 4.79 Å². The lowest BCUT2D eigenvalue weighted by atomic mass is 10.1. The van der Waals surface area contributed by atoms with Gasteiger partial charge in [0.05, 0.1) is 10.9 Å². The summed E-state index contributed by atoms with van der Waals surface area (Å²) in [4.78, 5) is 12.1. The molecule has 3 aromatic rings. The van der Waals surface area contributed by atoms with Gasteiger partial charge >= 0.3 is 0 Å². The quantitative estimate of drug-likeness (QED) is 0.726. The van der Waals surface area contributed by atoms with Crippen molar-refractivity contribution in [2.45, 2.75) is 0 Å². The van der Waals surface area contributed by atoms with Crippen molar-refractivity contribution in [3.8, 4) is 11.3 Å². The van der Waals surface area contributed by atoms with Gasteiger partial charge in [-0.05, 0) is 24.3 Å². The first-order chi connectivity index (χ1) is 9.18. The van der Waals surface area contributed by atoms with Crippen molar-refractivity contribution in [2.75, 3.05) is 5.73 Å². The van der Waals surface area contributed by atoms with Crippen LogP contribution in [0.5, 0.6) is 0 Å². The summed E-state index contributed by atoms with van der Waals surface area (Å²) in [6, 6.07) is 12.8. The largest absolute Gasteiger partial charge is 0.454 e. The van der Waals surface area contributed by atoms with Gasteiger partial charge in [-0.1, -0.05) is 24.3 Å². The molecule has 94 valence electrons. The van der Waals surface area contributed by atoms with E-state index in [1.807, 2.05) is 0 Å². The Morgan fingerprint density at radius 2 is 1.68 bits per heavy atom. The third kappa shape index (κ3) is 1.78. The molecule has 2 aromatic carbocycles. The topological polar surface area (TPSA) is 56.2 Å². The van der Waals surface area contributed by atoms with Crippen LogP contribution in [-0.2, 0) is 0 Å². The highest BCUT2D eigenvalue weighted by molar-refractivity contribution is 5.85. The van der Waals surface area contributed by atoms with Gasteiger partial charge in [-0.25, -0.2) is 4.39 Å². The van der Waals surface area contributed by atoms with Crippen molar-refractivity contribution >= 4 is 16.7 Å². The number of benzene rings is 2. The minimum absolute atomic E-state index is 0.0711. The predicted octanol–water partition coefficient (Wildman–Crippen LogP) is 3.18. The molecule has 0 aliphatic rings. The maximum absolute atomic E-state index is 13.8. The number of para-hydroxylation sites is 1. The van der Waals surface area contributed by atoms with Crippen LogP contribution in [0.4, 0.5) is 10.1 Å². The second-order valence-electron chi connectivity index (χ2n) is 4.15. The fourth-order valence-corrected chi connectivity index (χ4v) is 2.00. The Bertz CT molecular complexity index is 824. The smallest absolute Gasteiger partial charge is 0.216 e. The Morgan fingerprint density at radius 3 is 2.47 bits per heavy atom. The Hall–Kier alpha value is -2.62. The molecular weight excluding hydrogens is 245 g/mol. The molecule has 0 amide bonds. The van der Waals surface area contributed by atoms with Gasteiger partial charge in [0.2, 0.25) is 5.43 Å². The zero-order valence-corrected chi connectivity index (χ0v) is 9.89. The van der Waals surface area contributed by atoms with Crippen molar-refractivity contribution in [1.29, 1.82) is 0 Å². The molecule has 1 aromatic heterocycles. The molecule has 0 bridgehead atoms. The number of hydrogen-bond donors (Lipinski definition) is 1. The Morgan fingerprint density at radius 1 is 1.00 bits per heavy atom. The van der Waals surface area contributed by atoms with Gasteiger partial charge in [0.15, 0.2) is 5.76 Å². The summed E-state index contributed by atoms with van der Waals surface area (Å²) in [6.07, 6.45) is 0. The van der Waals surface area contributed by atoms with Crippen LogP contribution in [0.15, 0.2) is 57.7 Å². The van der Waals surface area contributed by atoms with Crippen LogP contribution in [0.25, 0.3) is 22.3 Å². The number of nitrogens with two attached hydrogens (primary N) is 1. The average Bonchev–Trinajstić information content (AvgIpc) is 2.44. The summed E-state index contributed by atoms with van der Waals surface area (Å²) in [5.41, 5.74) is 5.92. The van der Waals surface area contributed by atoms with Crippen LogP contribution in [-0.4, -0.2) is 0 Å².